The van der Waals surface area contributed by atoms with E-state index in [2.05, 4.69) is 102 Å². The number of amides is 1. The lowest BCUT2D eigenvalue weighted by Gasteiger charge is -2.64. The van der Waals surface area contributed by atoms with Crippen molar-refractivity contribution < 1.29 is 64.1 Å². The van der Waals surface area contributed by atoms with Crippen LogP contribution in [0.4, 0.5) is 0 Å². The summed E-state index contributed by atoms with van der Waals surface area (Å²) >= 11 is 0. The van der Waals surface area contributed by atoms with Gasteiger partial charge < -0.3 is 59.8 Å². The summed E-state index contributed by atoms with van der Waals surface area (Å²) in [5.41, 5.74) is 0. The van der Waals surface area contributed by atoms with E-state index in [0.29, 0.717) is 42.3 Å². The molecule has 6 rings (SSSR count). The van der Waals surface area contributed by atoms with Crippen LogP contribution < -0.4 is 5.32 Å². The molecule has 6 heterocycles. The van der Waals surface area contributed by atoms with E-state index < -0.39 is 82.3 Å². The predicted molar refractivity (Wildman–Crippen MR) is 231 cm³/mol. The highest BCUT2D eigenvalue weighted by Crippen LogP contribution is 2.55. The molecule has 6 aliphatic heterocycles. The second-order valence-electron chi connectivity index (χ2n) is 19.6. The van der Waals surface area contributed by atoms with Gasteiger partial charge in [0.1, 0.15) is 0 Å². The van der Waals surface area contributed by atoms with Crippen molar-refractivity contribution in [2.75, 3.05) is 6.54 Å². The van der Waals surface area contributed by atoms with Crippen molar-refractivity contribution in [3.8, 4) is 0 Å². The zero-order chi connectivity index (χ0) is 43.2. The van der Waals surface area contributed by atoms with Crippen molar-refractivity contribution in [3.63, 3.8) is 0 Å². The summed E-state index contributed by atoms with van der Waals surface area (Å²) in [6.07, 6.45) is 1.77. The monoisotopic (exact) mass is 957 g/mol. The van der Waals surface area contributed by atoms with Crippen LogP contribution in [0.3, 0.4) is 0 Å². The molecule has 0 aromatic heterocycles. The van der Waals surface area contributed by atoms with E-state index in [1.54, 1.807) is 0 Å². The fourth-order valence-corrected chi connectivity index (χ4v) is 59.8. The fourth-order valence-electron chi connectivity index (χ4n) is 8.42. The number of carbonyl (C=O) groups is 2. The van der Waals surface area contributed by atoms with Gasteiger partial charge in [0.05, 0.1) is 0 Å². The summed E-state index contributed by atoms with van der Waals surface area (Å²) in [4.78, 5) is 24.2. The molecule has 16 nitrogen and oxygen atoms in total. The average Bonchev–Trinajstić information content (AvgIpc) is 2.93. The Morgan fingerprint density at radius 1 is 0.397 bits per heavy atom. The first-order valence-electron chi connectivity index (χ1n) is 21.3. The van der Waals surface area contributed by atoms with Crippen molar-refractivity contribution >= 4 is 82.3 Å². The zero-order valence-corrected chi connectivity index (χ0v) is 45.2. The number of carboxylic acids is 1. The maximum Gasteiger partial charge on any atom is 0.480 e. The first-order valence-corrected chi connectivity index (χ1v) is 36.8. The third-order valence-electron chi connectivity index (χ3n) is 9.45. The first kappa shape index (κ1) is 49.0. The number of rotatable bonds is 19. The molecule has 0 atom stereocenters. The molecule has 0 aliphatic carbocycles. The maximum absolute atomic E-state index is 12.9. The SMILES string of the molecule is CC(C)C[Si]12O[Si]3(CCNC(=O)/C=C/C(=O)O)O[Si]4(CC(C)C)O[Si](CC(C)C)(O1)O[Si]1(CC(C)C)O[Si](CC(C)C)(O2)O[Si](CC(C)C)(O3)O[Si](CC(C)C)(O4)O1. The van der Waals surface area contributed by atoms with Crippen LogP contribution in [-0.2, 0) is 59.0 Å². The van der Waals surface area contributed by atoms with Gasteiger partial charge >= 0.3 is 76.4 Å². The van der Waals surface area contributed by atoms with Crippen molar-refractivity contribution in [1.29, 1.82) is 0 Å². The van der Waals surface area contributed by atoms with Crippen molar-refractivity contribution in [1.82, 2.24) is 5.32 Å². The van der Waals surface area contributed by atoms with Crippen molar-refractivity contribution in [3.05, 3.63) is 12.2 Å². The van der Waals surface area contributed by atoms with Gasteiger partial charge in [0.15, 0.2) is 0 Å². The van der Waals surface area contributed by atoms with Gasteiger partial charge in [0.25, 0.3) is 0 Å². The molecule has 0 radical (unpaired) electrons. The quantitative estimate of drug-likeness (QED) is 0.0988. The van der Waals surface area contributed by atoms with E-state index in [4.69, 9.17) is 49.4 Å². The largest absolute Gasteiger partial charge is 0.480 e. The Bertz CT molecular complexity index is 1350. The van der Waals surface area contributed by atoms with Crippen LogP contribution in [0.2, 0.25) is 48.4 Å². The lowest BCUT2D eigenvalue weighted by Crippen LogP contribution is -2.88. The number of carbonyl (C=O) groups excluding carboxylic acids is 1. The molecule has 0 spiro atoms. The minimum atomic E-state index is -4.26. The smallest absolute Gasteiger partial charge is 0.478 e. The predicted octanol–water partition coefficient (Wildman–Crippen LogP) is 7.11. The van der Waals surface area contributed by atoms with Crippen LogP contribution in [0, 0.1) is 41.4 Å². The van der Waals surface area contributed by atoms with Crippen LogP contribution in [0.25, 0.3) is 0 Å². The van der Waals surface area contributed by atoms with Gasteiger partial charge in [-0.1, -0.05) is 96.9 Å². The van der Waals surface area contributed by atoms with E-state index in [1.165, 1.54) is 0 Å². The lowest BCUT2D eigenvalue weighted by atomic mass is 10.3. The van der Waals surface area contributed by atoms with Gasteiger partial charge in [-0.25, -0.2) is 4.79 Å². The van der Waals surface area contributed by atoms with Gasteiger partial charge in [0.2, 0.25) is 5.91 Å². The second-order valence-corrected chi connectivity index (χ2v) is 43.7. The molecule has 0 aromatic carbocycles. The van der Waals surface area contributed by atoms with Crippen LogP contribution in [0.1, 0.15) is 96.9 Å². The van der Waals surface area contributed by atoms with E-state index in [1.807, 2.05) is 0 Å². The van der Waals surface area contributed by atoms with Gasteiger partial charge in [0, 0.05) is 67.0 Å². The standard InChI is InChI=1S/C34H71NO15Si8/c1-26(2)19-52-39-51(18-17-35-33(36)15-16-34(37)38)40-53(20-27(3)4)44-55(42-52,22-29(7)8)48-58(25-32(13)14)49-56(43-52,23-30(9)10)45-54(41-51,21-28(5)6)47-57(46-53,50-58)24-31(11)12/h15-16,26-32H,17-25H2,1-14H3,(H,35,36)(H,37,38)/b16-15+. The highest BCUT2D eigenvalue weighted by atomic mass is 28.6. The summed E-state index contributed by atoms with van der Waals surface area (Å²) in [6.45, 7) is 29.4. The molecule has 6 saturated heterocycles. The fraction of sp³-hybridized carbons (Fsp3) is 0.882. The van der Waals surface area contributed by atoms with E-state index in [-0.39, 0.29) is 54.0 Å². The summed E-state index contributed by atoms with van der Waals surface area (Å²) in [5.74, 6) is -1.56. The molecule has 0 unspecified atom stereocenters. The molecule has 6 fully saturated rings. The lowest BCUT2D eigenvalue weighted by molar-refractivity contribution is -0.131. The molecule has 2 N–H and O–H groups in total. The Morgan fingerprint density at radius 3 is 0.793 bits per heavy atom. The van der Waals surface area contributed by atoms with Crippen LogP contribution >= 0.6 is 0 Å². The highest BCUT2D eigenvalue weighted by molar-refractivity contribution is 7.03. The zero-order valence-electron chi connectivity index (χ0n) is 37.2. The highest BCUT2D eigenvalue weighted by Gasteiger charge is 2.83. The third-order valence-corrected chi connectivity index (χ3v) is 49.4. The molecule has 24 heteroatoms. The molecular weight excluding hydrogens is 887 g/mol. The van der Waals surface area contributed by atoms with E-state index in [0.717, 1.165) is 12.2 Å². The molecule has 1 amide bonds. The molecule has 0 saturated carbocycles. The summed E-state index contributed by atoms with van der Waals surface area (Å²) < 4.78 is 92.2. The first-order chi connectivity index (χ1) is 26.7. The van der Waals surface area contributed by atoms with Crippen LogP contribution in [0.15, 0.2) is 12.2 Å². The second kappa shape index (κ2) is 18.2. The summed E-state index contributed by atoms with van der Waals surface area (Å²) in [6, 6.07) is 2.74. The van der Waals surface area contributed by atoms with Gasteiger partial charge in [-0.15, -0.1) is 0 Å². The summed E-state index contributed by atoms with van der Waals surface area (Å²) in [7, 11) is -32.6. The Labute approximate surface area is 355 Å². The number of aliphatic carboxylic acids is 1. The number of carboxylic acid groups (broad SMARTS) is 1. The normalized spacial score (nSPS) is 38.7. The van der Waals surface area contributed by atoms with E-state index in [9.17, 15) is 14.7 Å². The number of hydrogen-bond donors (Lipinski definition) is 2. The Balaban J connectivity index is 1.90. The Kier molecular flexibility index (Phi) is 15.4. The van der Waals surface area contributed by atoms with Crippen LogP contribution in [0.5, 0.6) is 0 Å². The van der Waals surface area contributed by atoms with Gasteiger partial charge in [-0.2, -0.15) is 0 Å². The van der Waals surface area contributed by atoms with Crippen molar-refractivity contribution in [2.24, 2.45) is 41.4 Å². The van der Waals surface area contributed by atoms with Crippen LogP contribution in [-0.4, -0.2) is 94.0 Å². The number of hydrogen-bond acceptors (Lipinski definition) is 14. The molecule has 6 aliphatic rings. The maximum atomic E-state index is 12.9. The molecule has 334 valence electrons. The van der Waals surface area contributed by atoms with E-state index >= 15 is 0 Å². The molecule has 8 bridgehead atoms. The molecule has 58 heavy (non-hydrogen) atoms. The minimum Gasteiger partial charge on any atom is -0.478 e. The Hall–Kier alpha value is -0.0649. The Morgan fingerprint density at radius 2 is 0.603 bits per heavy atom. The topological polar surface area (TPSA) is 177 Å². The average molecular weight is 959 g/mol. The summed E-state index contributed by atoms with van der Waals surface area (Å²) in [5, 5.41) is 12.0. The number of nitrogens with one attached hydrogen (secondary N) is 1. The van der Waals surface area contributed by atoms with Crippen molar-refractivity contribution in [2.45, 2.75) is 145 Å². The molecule has 0 aromatic rings. The van der Waals surface area contributed by atoms with Gasteiger partial charge in [-0.3, -0.25) is 4.79 Å². The third kappa shape index (κ3) is 11.9. The minimum absolute atomic E-state index is 0.00506. The van der Waals surface area contributed by atoms with Gasteiger partial charge in [-0.05, 0) is 41.4 Å². The molecular formula is C34H71NO15Si8.